The molecule has 0 heterocycles. The van der Waals surface area contributed by atoms with E-state index in [-0.39, 0.29) is 18.5 Å². The zero-order valence-electron chi connectivity index (χ0n) is 9.78. The van der Waals surface area contributed by atoms with Crippen molar-refractivity contribution in [2.75, 3.05) is 24.6 Å². The molecule has 0 fully saturated rings. The van der Waals surface area contributed by atoms with E-state index in [2.05, 4.69) is 0 Å². The summed E-state index contributed by atoms with van der Waals surface area (Å²) in [7, 11) is 0. The number of likely N-dealkylation sites (N-methyl/N-ethyl adjacent to an activating group) is 1. The topological polar surface area (TPSA) is 49.5 Å². The lowest BCUT2D eigenvalue weighted by atomic mass is 10.1. The summed E-state index contributed by atoms with van der Waals surface area (Å²) < 4.78 is 13.1. The Morgan fingerprint density at radius 3 is 2.69 bits per heavy atom. The molecule has 0 aromatic heterocycles. The summed E-state index contributed by atoms with van der Waals surface area (Å²) in [6, 6.07) is 4.37. The molecule has 0 spiro atoms. The van der Waals surface area contributed by atoms with Crippen LogP contribution in [-0.2, 0) is 0 Å². The molecule has 0 amide bonds. The molecule has 0 radical (unpaired) electrons. The first-order valence-corrected chi connectivity index (χ1v) is 5.51. The van der Waals surface area contributed by atoms with Crippen LogP contribution in [0.4, 0.5) is 10.1 Å². The third-order valence-electron chi connectivity index (χ3n) is 2.57. The molecule has 4 heteroatoms. The first-order valence-electron chi connectivity index (χ1n) is 5.51. The van der Waals surface area contributed by atoms with E-state index in [1.165, 1.54) is 12.1 Å². The van der Waals surface area contributed by atoms with E-state index in [1.54, 1.807) is 6.07 Å². The van der Waals surface area contributed by atoms with Crippen LogP contribution < -0.4 is 10.6 Å². The Balaban J connectivity index is 3.09. The number of rotatable bonds is 5. The lowest BCUT2D eigenvalue weighted by Gasteiger charge is -2.26. The number of aliphatic hydroxyl groups is 1. The maximum Gasteiger partial charge on any atom is 0.123 e. The predicted octanol–water partition coefficient (Wildman–Crippen LogP) is 1.66. The van der Waals surface area contributed by atoms with Crippen molar-refractivity contribution < 1.29 is 9.50 Å². The Kier molecular flexibility index (Phi) is 4.71. The summed E-state index contributed by atoms with van der Waals surface area (Å²) in [5.74, 6) is -0.281. The van der Waals surface area contributed by atoms with Crippen molar-refractivity contribution in [2.45, 2.75) is 19.9 Å². The van der Waals surface area contributed by atoms with E-state index in [0.29, 0.717) is 6.54 Å². The molecule has 0 aliphatic heterocycles. The monoisotopic (exact) mass is 226 g/mol. The van der Waals surface area contributed by atoms with Gasteiger partial charge in [0.05, 0.1) is 6.61 Å². The van der Waals surface area contributed by atoms with Crippen LogP contribution in [0.1, 0.15) is 25.5 Å². The molecule has 1 atom stereocenters. The van der Waals surface area contributed by atoms with Crippen LogP contribution in [0.25, 0.3) is 0 Å². The molecule has 3 nitrogen and oxygen atoms in total. The normalized spacial score (nSPS) is 12.6. The molecule has 3 N–H and O–H groups in total. The van der Waals surface area contributed by atoms with Crippen LogP contribution in [-0.4, -0.2) is 24.8 Å². The number of halogens is 1. The van der Waals surface area contributed by atoms with Gasteiger partial charge in [-0.1, -0.05) is 0 Å². The molecule has 0 saturated carbocycles. The SMILES string of the molecule is CCN(CCO)c1ccc(F)cc1[C@H](C)N. The van der Waals surface area contributed by atoms with Gasteiger partial charge in [-0.3, -0.25) is 0 Å². The Labute approximate surface area is 95.7 Å². The number of nitrogens with two attached hydrogens (primary N) is 1. The van der Waals surface area contributed by atoms with Crippen LogP contribution in [0.2, 0.25) is 0 Å². The van der Waals surface area contributed by atoms with Crippen LogP contribution in [0.3, 0.4) is 0 Å². The summed E-state index contributed by atoms with van der Waals surface area (Å²) in [6.45, 7) is 5.17. The highest BCUT2D eigenvalue weighted by molar-refractivity contribution is 5.55. The van der Waals surface area contributed by atoms with Gasteiger partial charge in [0.1, 0.15) is 5.82 Å². The van der Waals surface area contributed by atoms with Gasteiger partial charge in [0, 0.05) is 24.8 Å². The van der Waals surface area contributed by atoms with Gasteiger partial charge in [-0.15, -0.1) is 0 Å². The summed E-state index contributed by atoms with van der Waals surface area (Å²) >= 11 is 0. The fourth-order valence-electron chi connectivity index (χ4n) is 1.75. The molecular weight excluding hydrogens is 207 g/mol. The van der Waals surface area contributed by atoms with E-state index in [0.717, 1.165) is 17.8 Å². The maximum atomic E-state index is 13.1. The second-order valence-electron chi connectivity index (χ2n) is 3.80. The summed E-state index contributed by atoms with van der Waals surface area (Å²) in [5.41, 5.74) is 7.49. The van der Waals surface area contributed by atoms with Crippen LogP contribution in [0.15, 0.2) is 18.2 Å². The molecule has 1 aromatic carbocycles. The Morgan fingerprint density at radius 1 is 1.50 bits per heavy atom. The average molecular weight is 226 g/mol. The number of nitrogens with zero attached hydrogens (tertiary/aromatic N) is 1. The van der Waals surface area contributed by atoms with Gasteiger partial charge in [-0.2, -0.15) is 0 Å². The van der Waals surface area contributed by atoms with E-state index < -0.39 is 0 Å². The minimum Gasteiger partial charge on any atom is -0.395 e. The molecule has 16 heavy (non-hydrogen) atoms. The van der Waals surface area contributed by atoms with Crippen molar-refractivity contribution in [3.63, 3.8) is 0 Å². The number of benzene rings is 1. The van der Waals surface area contributed by atoms with Crippen molar-refractivity contribution in [1.82, 2.24) is 0 Å². The zero-order chi connectivity index (χ0) is 12.1. The zero-order valence-corrected chi connectivity index (χ0v) is 9.78. The van der Waals surface area contributed by atoms with Gasteiger partial charge in [0.15, 0.2) is 0 Å². The molecule has 0 bridgehead atoms. The number of aliphatic hydroxyl groups excluding tert-OH is 1. The van der Waals surface area contributed by atoms with Gasteiger partial charge < -0.3 is 15.7 Å². The summed E-state index contributed by atoms with van der Waals surface area (Å²) in [4.78, 5) is 1.98. The largest absolute Gasteiger partial charge is 0.395 e. The second kappa shape index (κ2) is 5.82. The van der Waals surface area contributed by atoms with E-state index >= 15 is 0 Å². The van der Waals surface area contributed by atoms with E-state index in [9.17, 15) is 4.39 Å². The molecule has 0 unspecified atom stereocenters. The van der Waals surface area contributed by atoms with E-state index in [4.69, 9.17) is 10.8 Å². The van der Waals surface area contributed by atoms with Crippen molar-refractivity contribution in [3.8, 4) is 0 Å². The van der Waals surface area contributed by atoms with Crippen molar-refractivity contribution in [3.05, 3.63) is 29.6 Å². The standard InChI is InChI=1S/C12H19FN2O/c1-3-15(6-7-16)12-5-4-10(13)8-11(12)9(2)14/h4-5,8-9,16H,3,6-7,14H2,1-2H3/t9-/m0/s1. The molecule has 1 rings (SSSR count). The lowest BCUT2D eigenvalue weighted by molar-refractivity contribution is 0.302. The Morgan fingerprint density at radius 2 is 2.19 bits per heavy atom. The summed E-state index contributed by atoms with van der Waals surface area (Å²) in [6.07, 6.45) is 0. The highest BCUT2D eigenvalue weighted by Gasteiger charge is 2.13. The average Bonchev–Trinajstić information content (AvgIpc) is 2.26. The fraction of sp³-hybridized carbons (Fsp3) is 0.500. The van der Waals surface area contributed by atoms with Crippen molar-refractivity contribution >= 4 is 5.69 Å². The Bertz CT molecular complexity index is 342. The third kappa shape index (κ3) is 2.93. The minimum atomic E-state index is -0.281. The lowest BCUT2D eigenvalue weighted by Crippen LogP contribution is -2.28. The summed E-state index contributed by atoms with van der Waals surface area (Å²) in [5, 5.41) is 8.97. The van der Waals surface area contributed by atoms with Crippen molar-refractivity contribution in [1.29, 1.82) is 0 Å². The molecule has 0 aliphatic rings. The fourth-order valence-corrected chi connectivity index (χ4v) is 1.75. The predicted molar refractivity (Wildman–Crippen MR) is 64.0 cm³/mol. The van der Waals surface area contributed by atoms with Gasteiger partial charge >= 0.3 is 0 Å². The van der Waals surface area contributed by atoms with Crippen molar-refractivity contribution in [2.24, 2.45) is 5.73 Å². The van der Waals surface area contributed by atoms with Crippen LogP contribution in [0.5, 0.6) is 0 Å². The first-order chi connectivity index (χ1) is 7.60. The number of hydrogen-bond acceptors (Lipinski definition) is 3. The molecule has 90 valence electrons. The Hall–Kier alpha value is -1.13. The maximum absolute atomic E-state index is 13.1. The smallest absolute Gasteiger partial charge is 0.123 e. The second-order valence-corrected chi connectivity index (χ2v) is 3.80. The first kappa shape index (κ1) is 12.9. The van der Waals surface area contributed by atoms with E-state index in [1.807, 2.05) is 18.7 Å². The molecular formula is C12H19FN2O. The molecule has 1 aromatic rings. The van der Waals surface area contributed by atoms with Crippen LogP contribution >= 0.6 is 0 Å². The highest BCUT2D eigenvalue weighted by Crippen LogP contribution is 2.25. The highest BCUT2D eigenvalue weighted by atomic mass is 19.1. The van der Waals surface area contributed by atoms with Gasteiger partial charge in [0.25, 0.3) is 0 Å². The molecule has 0 saturated heterocycles. The quantitative estimate of drug-likeness (QED) is 0.803. The van der Waals surface area contributed by atoms with Crippen LogP contribution in [0, 0.1) is 5.82 Å². The third-order valence-corrected chi connectivity index (χ3v) is 2.57. The minimum absolute atomic E-state index is 0.0730. The number of anilines is 1. The molecule has 0 aliphatic carbocycles. The van der Waals surface area contributed by atoms with Gasteiger partial charge in [0.2, 0.25) is 0 Å². The van der Waals surface area contributed by atoms with Gasteiger partial charge in [-0.25, -0.2) is 4.39 Å². The van der Waals surface area contributed by atoms with Gasteiger partial charge in [-0.05, 0) is 37.6 Å². The number of hydrogen-bond donors (Lipinski definition) is 2.